The number of carbonyl (C=O) groups is 1. The van der Waals surface area contributed by atoms with Gasteiger partial charge in [-0.05, 0) is 43.7 Å². The summed E-state index contributed by atoms with van der Waals surface area (Å²) in [5.41, 5.74) is 1.49. The van der Waals surface area contributed by atoms with Crippen LogP contribution in [0.3, 0.4) is 0 Å². The van der Waals surface area contributed by atoms with Crippen LogP contribution in [-0.4, -0.2) is 26.5 Å². The molecule has 1 amide bonds. The lowest BCUT2D eigenvalue weighted by Gasteiger charge is -2.26. The van der Waals surface area contributed by atoms with Crippen LogP contribution in [0.25, 0.3) is 5.76 Å². The molecular weight excluding hydrogens is 384 g/mol. The van der Waals surface area contributed by atoms with Gasteiger partial charge in [-0.25, -0.2) is 8.42 Å². The van der Waals surface area contributed by atoms with Crippen molar-refractivity contribution >= 4 is 55.3 Å². The Bertz CT molecular complexity index is 1010. The standard InChI is InChI=1S/C16H15ClN2O4S2/c1-8-9(2)24-16-12(8)13(20)14(25(22,23)19(16)3)15(21)18-11-6-4-10(17)5-7-11/h4-7,20H,1-3H3,(H,18,21). The van der Waals surface area contributed by atoms with Gasteiger partial charge in [-0.3, -0.25) is 9.10 Å². The van der Waals surface area contributed by atoms with Crippen LogP contribution in [0.4, 0.5) is 10.7 Å². The molecule has 0 aliphatic carbocycles. The lowest BCUT2D eigenvalue weighted by molar-refractivity contribution is -0.112. The minimum atomic E-state index is -4.16. The third-order valence-electron chi connectivity index (χ3n) is 4.03. The van der Waals surface area contributed by atoms with Gasteiger partial charge in [0.1, 0.15) is 5.00 Å². The number of aryl methyl sites for hydroxylation is 1. The van der Waals surface area contributed by atoms with Gasteiger partial charge in [0.15, 0.2) is 10.7 Å². The average Bonchev–Trinajstić information content (AvgIpc) is 2.83. The van der Waals surface area contributed by atoms with E-state index in [2.05, 4.69) is 5.32 Å². The summed E-state index contributed by atoms with van der Waals surface area (Å²) in [4.78, 5) is 12.8. The molecule has 9 heteroatoms. The highest BCUT2D eigenvalue weighted by molar-refractivity contribution is 7.98. The predicted octanol–water partition coefficient (Wildman–Crippen LogP) is 3.66. The SMILES string of the molecule is Cc1sc2c(c1C)C(O)=C(C(=O)Nc1ccc(Cl)cc1)S(=O)(=O)N2C. The van der Waals surface area contributed by atoms with Gasteiger partial charge in [-0.15, -0.1) is 11.3 Å². The van der Waals surface area contributed by atoms with Crippen molar-refractivity contribution in [2.24, 2.45) is 0 Å². The first-order valence-electron chi connectivity index (χ1n) is 7.24. The second kappa shape index (κ2) is 6.05. The van der Waals surface area contributed by atoms with E-state index in [1.165, 1.54) is 18.4 Å². The minimum absolute atomic E-state index is 0.372. The summed E-state index contributed by atoms with van der Waals surface area (Å²) in [5.74, 6) is -1.43. The number of fused-ring (bicyclic) bond motifs is 1. The molecule has 0 saturated carbocycles. The Kier molecular flexibility index (Phi) is 4.30. The van der Waals surface area contributed by atoms with E-state index in [0.717, 1.165) is 14.7 Å². The maximum Gasteiger partial charge on any atom is 0.273 e. The van der Waals surface area contributed by atoms with Crippen molar-refractivity contribution in [3.8, 4) is 0 Å². The highest BCUT2D eigenvalue weighted by atomic mass is 35.5. The van der Waals surface area contributed by atoms with Crippen molar-refractivity contribution in [2.45, 2.75) is 13.8 Å². The molecule has 1 aliphatic rings. The van der Waals surface area contributed by atoms with Gasteiger partial charge in [-0.2, -0.15) is 0 Å². The molecule has 1 aliphatic heterocycles. The van der Waals surface area contributed by atoms with Gasteiger partial charge < -0.3 is 10.4 Å². The Labute approximate surface area is 154 Å². The number of hydrogen-bond donors (Lipinski definition) is 2. The van der Waals surface area contributed by atoms with Crippen molar-refractivity contribution < 1.29 is 18.3 Å². The number of thiophene rings is 1. The van der Waals surface area contributed by atoms with Gasteiger partial charge in [0.05, 0.1) is 5.56 Å². The van der Waals surface area contributed by atoms with Gasteiger partial charge in [0, 0.05) is 22.6 Å². The molecule has 0 bridgehead atoms. The number of halogens is 1. The summed E-state index contributed by atoms with van der Waals surface area (Å²) in [7, 11) is -2.79. The molecule has 2 N–H and O–H groups in total. The number of aliphatic hydroxyl groups excluding tert-OH is 1. The Morgan fingerprint density at radius 1 is 1.24 bits per heavy atom. The first kappa shape index (κ1) is 17.8. The number of hydrogen-bond acceptors (Lipinski definition) is 5. The molecular formula is C16H15ClN2O4S2. The van der Waals surface area contributed by atoms with Gasteiger partial charge in [-0.1, -0.05) is 11.6 Å². The lowest BCUT2D eigenvalue weighted by atomic mass is 10.1. The number of anilines is 2. The molecule has 0 radical (unpaired) electrons. The van der Waals surface area contributed by atoms with E-state index in [-0.39, 0.29) is 0 Å². The molecule has 1 aromatic heterocycles. The van der Waals surface area contributed by atoms with Crippen molar-refractivity contribution in [1.29, 1.82) is 0 Å². The fourth-order valence-corrected chi connectivity index (χ4v) is 5.31. The fourth-order valence-electron chi connectivity index (χ4n) is 2.54. The zero-order valence-corrected chi connectivity index (χ0v) is 16.0. The van der Waals surface area contributed by atoms with Crippen molar-refractivity contribution in [1.82, 2.24) is 0 Å². The number of rotatable bonds is 2. The van der Waals surface area contributed by atoms with E-state index in [0.29, 0.717) is 21.3 Å². The van der Waals surface area contributed by atoms with Gasteiger partial charge >= 0.3 is 0 Å². The van der Waals surface area contributed by atoms with E-state index >= 15 is 0 Å². The van der Waals surface area contributed by atoms with Crippen LogP contribution in [0.1, 0.15) is 16.0 Å². The Hall–Kier alpha value is -2.03. The quantitative estimate of drug-likeness (QED) is 0.808. The van der Waals surface area contributed by atoms with E-state index in [4.69, 9.17) is 11.6 Å². The summed E-state index contributed by atoms with van der Waals surface area (Å²) in [6.45, 7) is 3.61. The van der Waals surface area contributed by atoms with Crippen LogP contribution < -0.4 is 9.62 Å². The number of aliphatic hydroxyl groups is 1. The highest BCUT2D eigenvalue weighted by Gasteiger charge is 2.41. The number of benzene rings is 1. The third kappa shape index (κ3) is 2.80. The van der Waals surface area contributed by atoms with Crippen LogP contribution in [0, 0.1) is 13.8 Å². The largest absolute Gasteiger partial charge is 0.506 e. The highest BCUT2D eigenvalue weighted by Crippen LogP contribution is 2.45. The van der Waals surface area contributed by atoms with Gasteiger partial charge in [0.2, 0.25) is 0 Å². The molecule has 0 saturated heterocycles. The van der Waals surface area contributed by atoms with Crippen LogP contribution in [0.5, 0.6) is 0 Å². The molecule has 132 valence electrons. The average molecular weight is 399 g/mol. The molecule has 1 aromatic carbocycles. The van der Waals surface area contributed by atoms with Crippen LogP contribution in [0.15, 0.2) is 29.2 Å². The molecule has 25 heavy (non-hydrogen) atoms. The Morgan fingerprint density at radius 2 is 1.84 bits per heavy atom. The Morgan fingerprint density at radius 3 is 2.44 bits per heavy atom. The van der Waals surface area contributed by atoms with Crippen molar-refractivity contribution in [3.05, 3.63) is 50.2 Å². The minimum Gasteiger partial charge on any atom is -0.506 e. The monoisotopic (exact) mass is 398 g/mol. The predicted molar refractivity (Wildman–Crippen MR) is 101 cm³/mol. The molecule has 0 spiro atoms. The summed E-state index contributed by atoms with van der Waals surface area (Å²) < 4.78 is 26.5. The van der Waals surface area contributed by atoms with Crippen LogP contribution in [-0.2, 0) is 14.8 Å². The lowest BCUT2D eigenvalue weighted by Crippen LogP contribution is -2.36. The van der Waals surface area contributed by atoms with Crippen LogP contribution >= 0.6 is 22.9 Å². The zero-order valence-electron chi connectivity index (χ0n) is 13.6. The second-order valence-electron chi connectivity index (χ2n) is 5.57. The molecule has 6 nitrogen and oxygen atoms in total. The fraction of sp³-hybridized carbons (Fsp3) is 0.188. The number of carbonyl (C=O) groups excluding carboxylic acids is 1. The number of nitrogens with one attached hydrogen (secondary N) is 1. The summed E-state index contributed by atoms with van der Waals surface area (Å²) in [5, 5.41) is 13.9. The van der Waals surface area contributed by atoms with Crippen molar-refractivity contribution in [3.63, 3.8) is 0 Å². The number of nitrogens with zero attached hydrogens (tertiary/aromatic N) is 1. The number of amides is 1. The second-order valence-corrected chi connectivity index (χ2v) is 9.12. The van der Waals surface area contributed by atoms with E-state index in [1.807, 2.05) is 6.92 Å². The Balaban J connectivity index is 2.12. The molecule has 0 unspecified atom stereocenters. The summed E-state index contributed by atoms with van der Waals surface area (Å²) in [6, 6.07) is 6.22. The van der Waals surface area contributed by atoms with E-state index in [9.17, 15) is 18.3 Å². The molecule has 2 heterocycles. The smallest absolute Gasteiger partial charge is 0.273 e. The van der Waals surface area contributed by atoms with Crippen LogP contribution in [0.2, 0.25) is 5.02 Å². The first-order chi connectivity index (χ1) is 11.6. The van der Waals surface area contributed by atoms with Crippen molar-refractivity contribution in [2.75, 3.05) is 16.7 Å². The third-order valence-corrected chi connectivity index (χ3v) is 7.48. The first-order valence-corrected chi connectivity index (χ1v) is 9.87. The molecule has 0 fully saturated rings. The molecule has 3 rings (SSSR count). The zero-order chi connectivity index (χ0) is 18.5. The van der Waals surface area contributed by atoms with Gasteiger partial charge in [0.25, 0.3) is 15.9 Å². The molecule has 2 aromatic rings. The summed E-state index contributed by atoms with van der Waals surface area (Å²) in [6.07, 6.45) is 0. The van der Waals surface area contributed by atoms with E-state index in [1.54, 1.807) is 31.2 Å². The maximum atomic E-state index is 12.7. The number of sulfonamides is 1. The molecule has 0 atom stereocenters. The summed E-state index contributed by atoms with van der Waals surface area (Å²) >= 11 is 7.05. The normalized spacial score (nSPS) is 15.9. The maximum absolute atomic E-state index is 12.7. The van der Waals surface area contributed by atoms with E-state index < -0.39 is 26.6 Å². The topological polar surface area (TPSA) is 86.7 Å².